The van der Waals surface area contributed by atoms with Crippen LogP contribution < -0.4 is 5.32 Å². The minimum absolute atomic E-state index is 0.305. The van der Waals surface area contributed by atoms with E-state index in [1.807, 2.05) is 24.3 Å². The van der Waals surface area contributed by atoms with Crippen molar-refractivity contribution < 1.29 is 9.53 Å². The van der Waals surface area contributed by atoms with Crippen LogP contribution in [0.4, 0.5) is 5.69 Å². The molecule has 0 fully saturated rings. The van der Waals surface area contributed by atoms with Crippen molar-refractivity contribution in [2.45, 2.75) is 13.5 Å². The summed E-state index contributed by atoms with van der Waals surface area (Å²) >= 11 is 2.31. The molecule has 0 saturated heterocycles. The quantitative estimate of drug-likeness (QED) is 0.643. The van der Waals surface area contributed by atoms with Gasteiger partial charge in [0.15, 0.2) is 0 Å². The van der Waals surface area contributed by atoms with Gasteiger partial charge < -0.3 is 10.1 Å². The van der Waals surface area contributed by atoms with E-state index in [2.05, 4.69) is 47.0 Å². The minimum Gasteiger partial charge on any atom is -0.465 e. The number of aryl methyl sites for hydroxylation is 1. The van der Waals surface area contributed by atoms with E-state index in [1.165, 1.54) is 16.2 Å². The van der Waals surface area contributed by atoms with Gasteiger partial charge in [-0.25, -0.2) is 4.79 Å². The Hall–Kier alpha value is -1.56. The van der Waals surface area contributed by atoms with Crippen molar-refractivity contribution in [3.8, 4) is 0 Å². The molecule has 0 amide bonds. The average molecular weight is 381 g/mol. The lowest BCUT2D eigenvalue weighted by Gasteiger charge is -2.11. The first-order chi connectivity index (χ1) is 9.61. The Morgan fingerprint density at radius 2 is 2.00 bits per heavy atom. The van der Waals surface area contributed by atoms with Crippen LogP contribution in [0.5, 0.6) is 0 Å². The van der Waals surface area contributed by atoms with Gasteiger partial charge in [0.05, 0.1) is 12.7 Å². The summed E-state index contributed by atoms with van der Waals surface area (Å²) in [6, 6.07) is 13.7. The van der Waals surface area contributed by atoms with Crippen molar-refractivity contribution in [2.75, 3.05) is 12.4 Å². The molecular formula is C16H16INO2. The molecule has 0 aliphatic carbocycles. The van der Waals surface area contributed by atoms with E-state index in [1.54, 1.807) is 6.07 Å². The Morgan fingerprint density at radius 3 is 2.70 bits per heavy atom. The van der Waals surface area contributed by atoms with Crippen LogP contribution in [0.25, 0.3) is 0 Å². The molecular weight excluding hydrogens is 365 g/mol. The Balaban J connectivity index is 2.14. The highest BCUT2D eigenvalue weighted by molar-refractivity contribution is 14.1. The van der Waals surface area contributed by atoms with Crippen molar-refractivity contribution in [1.82, 2.24) is 0 Å². The number of hydrogen-bond donors (Lipinski definition) is 1. The molecule has 0 aliphatic rings. The number of esters is 1. The van der Waals surface area contributed by atoms with Gasteiger partial charge in [0.1, 0.15) is 0 Å². The summed E-state index contributed by atoms with van der Waals surface area (Å²) in [4.78, 5) is 11.7. The Morgan fingerprint density at radius 1 is 1.25 bits per heavy atom. The van der Waals surface area contributed by atoms with Crippen LogP contribution in [0.3, 0.4) is 0 Å². The second-order valence-electron chi connectivity index (χ2n) is 4.47. The van der Waals surface area contributed by atoms with Gasteiger partial charge in [0.2, 0.25) is 0 Å². The second-order valence-corrected chi connectivity index (χ2v) is 5.63. The first kappa shape index (κ1) is 14.8. The van der Waals surface area contributed by atoms with E-state index in [4.69, 9.17) is 4.74 Å². The maximum absolute atomic E-state index is 11.7. The molecule has 4 heteroatoms. The Kier molecular flexibility index (Phi) is 5.00. The monoisotopic (exact) mass is 381 g/mol. The van der Waals surface area contributed by atoms with Gasteiger partial charge >= 0.3 is 5.97 Å². The Labute approximate surface area is 132 Å². The maximum Gasteiger partial charge on any atom is 0.338 e. The van der Waals surface area contributed by atoms with E-state index in [0.29, 0.717) is 12.1 Å². The third-order valence-electron chi connectivity index (χ3n) is 3.08. The second kappa shape index (κ2) is 6.74. The number of carbonyl (C=O) groups excluding carboxylic acids is 1. The Bertz CT molecular complexity index is 626. The standard InChI is InChI=1S/C16H16INO2/c1-11-7-8-13(9-15(11)17)18-10-12-5-3-4-6-14(12)16(19)20-2/h3-9,18H,10H2,1-2H3. The van der Waals surface area contributed by atoms with Crippen molar-refractivity contribution in [2.24, 2.45) is 0 Å². The summed E-state index contributed by atoms with van der Waals surface area (Å²) < 4.78 is 6.01. The largest absolute Gasteiger partial charge is 0.465 e. The van der Waals surface area contributed by atoms with Crippen molar-refractivity contribution >= 4 is 34.2 Å². The van der Waals surface area contributed by atoms with Gasteiger partial charge in [-0.05, 0) is 58.8 Å². The smallest absolute Gasteiger partial charge is 0.338 e. The fourth-order valence-corrected chi connectivity index (χ4v) is 2.40. The number of benzene rings is 2. The van der Waals surface area contributed by atoms with E-state index in [0.717, 1.165) is 11.3 Å². The number of carbonyl (C=O) groups is 1. The van der Waals surface area contributed by atoms with E-state index < -0.39 is 0 Å². The topological polar surface area (TPSA) is 38.3 Å². The molecule has 2 rings (SSSR count). The van der Waals surface area contributed by atoms with Crippen LogP contribution >= 0.6 is 22.6 Å². The summed E-state index contributed by atoms with van der Waals surface area (Å²) in [5.41, 5.74) is 3.82. The number of hydrogen-bond acceptors (Lipinski definition) is 3. The van der Waals surface area contributed by atoms with E-state index in [9.17, 15) is 4.79 Å². The number of halogens is 1. The lowest BCUT2D eigenvalue weighted by Crippen LogP contribution is -2.09. The van der Waals surface area contributed by atoms with Crippen LogP contribution in [-0.2, 0) is 11.3 Å². The molecule has 0 spiro atoms. The summed E-state index contributed by atoms with van der Waals surface area (Å²) in [6.45, 7) is 2.67. The predicted octanol–water partition coefficient (Wildman–Crippen LogP) is 4.00. The van der Waals surface area contributed by atoms with Gasteiger partial charge in [-0.3, -0.25) is 0 Å². The molecule has 0 radical (unpaired) electrons. The molecule has 0 bridgehead atoms. The predicted molar refractivity (Wildman–Crippen MR) is 89.0 cm³/mol. The van der Waals surface area contributed by atoms with Crippen LogP contribution in [0.2, 0.25) is 0 Å². The summed E-state index contributed by atoms with van der Waals surface area (Å²) in [7, 11) is 1.40. The highest BCUT2D eigenvalue weighted by atomic mass is 127. The number of ether oxygens (including phenoxy) is 1. The zero-order valence-corrected chi connectivity index (χ0v) is 13.6. The molecule has 104 valence electrons. The summed E-state index contributed by atoms with van der Waals surface area (Å²) in [5, 5.41) is 3.34. The molecule has 0 aliphatic heterocycles. The maximum atomic E-state index is 11.7. The highest BCUT2D eigenvalue weighted by Crippen LogP contribution is 2.18. The van der Waals surface area contributed by atoms with Crippen LogP contribution in [0.1, 0.15) is 21.5 Å². The fourth-order valence-electron chi connectivity index (χ4n) is 1.88. The zero-order valence-electron chi connectivity index (χ0n) is 11.4. The first-order valence-corrected chi connectivity index (χ1v) is 7.36. The normalized spacial score (nSPS) is 10.2. The van der Waals surface area contributed by atoms with E-state index >= 15 is 0 Å². The molecule has 0 heterocycles. The molecule has 0 saturated carbocycles. The van der Waals surface area contributed by atoms with E-state index in [-0.39, 0.29) is 5.97 Å². The highest BCUT2D eigenvalue weighted by Gasteiger charge is 2.10. The molecule has 3 nitrogen and oxygen atoms in total. The summed E-state index contributed by atoms with van der Waals surface area (Å²) in [6.07, 6.45) is 0. The molecule has 2 aromatic rings. The number of methoxy groups -OCH3 is 1. The van der Waals surface area contributed by atoms with Gasteiger partial charge in [-0.15, -0.1) is 0 Å². The third kappa shape index (κ3) is 3.50. The van der Waals surface area contributed by atoms with Crippen molar-refractivity contribution in [3.05, 3.63) is 62.7 Å². The zero-order chi connectivity index (χ0) is 14.5. The van der Waals surface area contributed by atoms with Gasteiger partial charge in [-0.1, -0.05) is 24.3 Å². The van der Waals surface area contributed by atoms with Crippen LogP contribution in [0.15, 0.2) is 42.5 Å². The number of rotatable bonds is 4. The van der Waals surface area contributed by atoms with Crippen molar-refractivity contribution in [3.63, 3.8) is 0 Å². The van der Waals surface area contributed by atoms with Gasteiger partial charge in [-0.2, -0.15) is 0 Å². The molecule has 0 aromatic heterocycles. The lowest BCUT2D eigenvalue weighted by molar-refractivity contribution is 0.0599. The molecule has 0 atom stereocenters. The minimum atomic E-state index is -0.305. The van der Waals surface area contributed by atoms with Gasteiger partial charge in [0, 0.05) is 15.8 Å². The van der Waals surface area contributed by atoms with Gasteiger partial charge in [0.25, 0.3) is 0 Å². The molecule has 2 aromatic carbocycles. The lowest BCUT2D eigenvalue weighted by atomic mass is 10.1. The number of anilines is 1. The third-order valence-corrected chi connectivity index (χ3v) is 4.24. The SMILES string of the molecule is COC(=O)c1ccccc1CNc1ccc(C)c(I)c1. The molecule has 0 unspecified atom stereocenters. The van der Waals surface area contributed by atoms with Crippen LogP contribution in [0, 0.1) is 10.5 Å². The average Bonchev–Trinajstić information content (AvgIpc) is 2.48. The number of nitrogens with one attached hydrogen (secondary N) is 1. The van der Waals surface area contributed by atoms with Crippen LogP contribution in [-0.4, -0.2) is 13.1 Å². The summed E-state index contributed by atoms with van der Waals surface area (Å²) in [5.74, 6) is -0.305. The van der Waals surface area contributed by atoms with Crippen molar-refractivity contribution in [1.29, 1.82) is 0 Å². The first-order valence-electron chi connectivity index (χ1n) is 6.28. The molecule has 20 heavy (non-hydrogen) atoms. The fraction of sp³-hybridized carbons (Fsp3) is 0.188. The molecule has 1 N–H and O–H groups in total.